The molecule has 1 saturated heterocycles. The summed E-state index contributed by atoms with van der Waals surface area (Å²) in [6, 6.07) is 6.16. The van der Waals surface area contributed by atoms with Crippen molar-refractivity contribution in [1.29, 1.82) is 0 Å². The highest BCUT2D eigenvalue weighted by molar-refractivity contribution is 5.62. The zero-order chi connectivity index (χ0) is 18.8. The highest BCUT2D eigenvalue weighted by Crippen LogP contribution is 2.25. The maximum atomic E-state index is 13.1. The molecule has 3 aromatic rings. The highest BCUT2D eigenvalue weighted by Gasteiger charge is 2.24. The number of anilines is 1. The van der Waals surface area contributed by atoms with E-state index in [4.69, 9.17) is 9.72 Å². The molecule has 27 heavy (non-hydrogen) atoms. The van der Waals surface area contributed by atoms with Crippen LogP contribution in [0.25, 0.3) is 11.3 Å². The second-order valence-corrected chi connectivity index (χ2v) is 6.89. The predicted octanol–water partition coefficient (Wildman–Crippen LogP) is 3.37. The summed E-state index contributed by atoms with van der Waals surface area (Å²) >= 11 is 0. The molecule has 6 nitrogen and oxygen atoms in total. The number of aromatic nitrogens is 4. The van der Waals surface area contributed by atoms with Gasteiger partial charge in [0.05, 0.1) is 18.4 Å². The summed E-state index contributed by atoms with van der Waals surface area (Å²) in [7, 11) is 1.89. The van der Waals surface area contributed by atoms with Crippen molar-refractivity contribution in [2.75, 3.05) is 18.0 Å². The van der Waals surface area contributed by atoms with E-state index in [0.717, 1.165) is 36.2 Å². The Labute approximate surface area is 157 Å². The summed E-state index contributed by atoms with van der Waals surface area (Å²) in [5, 5.41) is 4.24. The van der Waals surface area contributed by atoms with Gasteiger partial charge in [0.15, 0.2) is 0 Å². The first-order valence-electron chi connectivity index (χ1n) is 9.08. The van der Waals surface area contributed by atoms with Crippen molar-refractivity contribution < 1.29 is 9.13 Å². The number of hydrogen-bond donors (Lipinski definition) is 0. The number of halogens is 1. The normalized spacial score (nSPS) is 17.1. The Morgan fingerprint density at radius 1 is 1.19 bits per heavy atom. The topological polar surface area (TPSA) is 56.1 Å². The monoisotopic (exact) mass is 367 g/mol. The minimum absolute atomic E-state index is 0.0240. The van der Waals surface area contributed by atoms with E-state index < -0.39 is 0 Å². The first kappa shape index (κ1) is 17.5. The molecule has 1 aromatic carbocycles. The molecule has 4 rings (SSSR count). The zero-order valence-corrected chi connectivity index (χ0v) is 15.5. The fraction of sp³-hybridized carbons (Fsp3) is 0.350. The quantitative estimate of drug-likeness (QED) is 0.708. The first-order chi connectivity index (χ1) is 13.1. The molecule has 1 fully saturated rings. The Morgan fingerprint density at radius 3 is 2.74 bits per heavy atom. The molecule has 1 atom stereocenters. The molecule has 0 radical (unpaired) electrons. The lowest BCUT2D eigenvalue weighted by atomic mass is 10.1. The number of ether oxygens (including phenoxy) is 1. The van der Waals surface area contributed by atoms with Crippen LogP contribution in [0, 0.1) is 12.7 Å². The van der Waals surface area contributed by atoms with E-state index in [1.807, 2.05) is 32.6 Å². The van der Waals surface area contributed by atoms with Gasteiger partial charge in [0.2, 0.25) is 5.95 Å². The van der Waals surface area contributed by atoms with Crippen LogP contribution in [0.15, 0.2) is 42.9 Å². The Balaban J connectivity index is 1.52. The lowest BCUT2D eigenvalue weighted by Gasteiger charge is -2.33. The molecular weight excluding hydrogens is 345 g/mol. The largest absolute Gasteiger partial charge is 0.489 e. The number of rotatable bonds is 4. The Hall–Kier alpha value is -2.96. The summed E-state index contributed by atoms with van der Waals surface area (Å²) in [5.41, 5.74) is 2.90. The van der Waals surface area contributed by atoms with Gasteiger partial charge in [-0.1, -0.05) is 0 Å². The third kappa shape index (κ3) is 3.92. The maximum absolute atomic E-state index is 13.1. The van der Waals surface area contributed by atoms with E-state index in [1.165, 1.54) is 12.1 Å². The Bertz CT molecular complexity index is 924. The highest BCUT2D eigenvalue weighted by atomic mass is 19.1. The molecule has 0 amide bonds. The number of hydrogen-bond acceptors (Lipinski definition) is 5. The Morgan fingerprint density at radius 2 is 2.00 bits per heavy atom. The SMILES string of the molecule is Cc1cnc(N2CCCC(Oc3ccc(F)cc3)C2)nc1-c1cnn(C)c1. The zero-order valence-electron chi connectivity index (χ0n) is 15.5. The third-order valence-corrected chi connectivity index (χ3v) is 4.71. The van der Waals surface area contributed by atoms with Gasteiger partial charge >= 0.3 is 0 Å². The van der Waals surface area contributed by atoms with Crippen LogP contribution in [-0.4, -0.2) is 38.9 Å². The minimum Gasteiger partial charge on any atom is -0.489 e. The smallest absolute Gasteiger partial charge is 0.226 e. The number of aryl methyl sites for hydroxylation is 2. The predicted molar refractivity (Wildman–Crippen MR) is 101 cm³/mol. The van der Waals surface area contributed by atoms with Crippen molar-refractivity contribution in [1.82, 2.24) is 19.7 Å². The van der Waals surface area contributed by atoms with Crippen LogP contribution in [0.3, 0.4) is 0 Å². The average molecular weight is 367 g/mol. The van der Waals surface area contributed by atoms with Gasteiger partial charge in [-0.3, -0.25) is 4.68 Å². The Kier molecular flexibility index (Phi) is 4.75. The van der Waals surface area contributed by atoms with Crippen molar-refractivity contribution in [2.45, 2.75) is 25.9 Å². The van der Waals surface area contributed by atoms with Crippen molar-refractivity contribution >= 4 is 5.95 Å². The van der Waals surface area contributed by atoms with E-state index in [9.17, 15) is 4.39 Å². The van der Waals surface area contributed by atoms with E-state index in [-0.39, 0.29) is 11.9 Å². The average Bonchev–Trinajstić information content (AvgIpc) is 3.10. The summed E-state index contributed by atoms with van der Waals surface area (Å²) < 4.78 is 20.9. The second-order valence-electron chi connectivity index (χ2n) is 6.89. The van der Waals surface area contributed by atoms with Crippen LogP contribution in [0.4, 0.5) is 10.3 Å². The number of piperidine rings is 1. The summed E-state index contributed by atoms with van der Waals surface area (Å²) in [6.45, 7) is 3.59. The summed E-state index contributed by atoms with van der Waals surface area (Å²) in [5.74, 6) is 1.12. The van der Waals surface area contributed by atoms with Gasteiger partial charge in [-0.25, -0.2) is 14.4 Å². The molecule has 0 spiro atoms. The van der Waals surface area contributed by atoms with Gasteiger partial charge < -0.3 is 9.64 Å². The third-order valence-electron chi connectivity index (χ3n) is 4.71. The van der Waals surface area contributed by atoms with Crippen molar-refractivity contribution in [3.63, 3.8) is 0 Å². The van der Waals surface area contributed by atoms with Crippen LogP contribution < -0.4 is 9.64 Å². The fourth-order valence-corrected chi connectivity index (χ4v) is 3.34. The molecular formula is C20H22FN5O. The molecule has 0 aliphatic carbocycles. The van der Waals surface area contributed by atoms with Gasteiger partial charge in [-0.15, -0.1) is 0 Å². The van der Waals surface area contributed by atoms with E-state index in [1.54, 1.807) is 16.8 Å². The molecule has 2 aromatic heterocycles. The van der Waals surface area contributed by atoms with Gasteiger partial charge in [-0.2, -0.15) is 5.10 Å². The van der Waals surface area contributed by atoms with Gasteiger partial charge in [0.25, 0.3) is 0 Å². The van der Waals surface area contributed by atoms with E-state index in [2.05, 4.69) is 15.0 Å². The fourth-order valence-electron chi connectivity index (χ4n) is 3.34. The lowest BCUT2D eigenvalue weighted by Crippen LogP contribution is -2.42. The van der Waals surface area contributed by atoms with Crippen molar-refractivity contribution in [3.05, 3.63) is 54.2 Å². The molecule has 7 heteroatoms. The van der Waals surface area contributed by atoms with Crippen molar-refractivity contribution in [2.24, 2.45) is 7.05 Å². The molecule has 0 saturated carbocycles. The van der Waals surface area contributed by atoms with Crippen LogP contribution in [-0.2, 0) is 7.05 Å². The van der Waals surface area contributed by atoms with Crippen LogP contribution in [0.2, 0.25) is 0 Å². The molecule has 1 unspecified atom stereocenters. The van der Waals surface area contributed by atoms with E-state index in [0.29, 0.717) is 18.2 Å². The van der Waals surface area contributed by atoms with E-state index >= 15 is 0 Å². The molecule has 1 aliphatic rings. The molecule has 1 aliphatic heterocycles. The molecule has 140 valence electrons. The van der Waals surface area contributed by atoms with Crippen LogP contribution in [0.1, 0.15) is 18.4 Å². The van der Waals surface area contributed by atoms with Gasteiger partial charge in [0, 0.05) is 31.5 Å². The van der Waals surface area contributed by atoms with Crippen LogP contribution >= 0.6 is 0 Å². The second kappa shape index (κ2) is 7.34. The van der Waals surface area contributed by atoms with Gasteiger partial charge in [-0.05, 0) is 49.6 Å². The number of benzene rings is 1. The van der Waals surface area contributed by atoms with Crippen LogP contribution in [0.5, 0.6) is 5.75 Å². The maximum Gasteiger partial charge on any atom is 0.226 e. The molecule has 3 heterocycles. The van der Waals surface area contributed by atoms with Crippen molar-refractivity contribution in [3.8, 4) is 17.0 Å². The standard InChI is InChI=1S/C20H22FN5O/c1-14-10-22-20(24-19(14)15-11-23-25(2)12-15)26-9-3-4-18(13-26)27-17-7-5-16(21)6-8-17/h5-8,10-12,18H,3-4,9,13H2,1-2H3. The molecule has 0 bridgehead atoms. The first-order valence-corrected chi connectivity index (χ1v) is 9.08. The number of nitrogens with zero attached hydrogens (tertiary/aromatic N) is 5. The summed E-state index contributed by atoms with van der Waals surface area (Å²) in [6.07, 6.45) is 7.59. The lowest BCUT2D eigenvalue weighted by molar-refractivity contribution is 0.178. The summed E-state index contributed by atoms with van der Waals surface area (Å²) in [4.78, 5) is 11.5. The minimum atomic E-state index is -0.261. The molecule has 0 N–H and O–H groups in total. The van der Waals surface area contributed by atoms with Gasteiger partial charge in [0.1, 0.15) is 17.7 Å².